The Bertz CT molecular complexity index is 635. The number of nitrogens with zero attached hydrogens (tertiary/aromatic N) is 2. The van der Waals surface area contributed by atoms with Crippen LogP contribution in [0.5, 0.6) is 0 Å². The van der Waals surface area contributed by atoms with E-state index in [9.17, 15) is 13.2 Å². The minimum Gasteiger partial charge on any atom is -0.355 e. The Morgan fingerprint density at radius 1 is 1.17 bits per heavy atom. The number of amides is 1. The van der Waals surface area contributed by atoms with E-state index in [4.69, 9.17) is 0 Å². The van der Waals surface area contributed by atoms with Crippen LogP contribution in [0.15, 0.2) is 29.2 Å². The Balaban J connectivity index is 2.01. The average molecular weight is 339 g/mol. The molecule has 7 heteroatoms. The highest BCUT2D eigenvalue weighted by atomic mass is 32.2. The van der Waals surface area contributed by atoms with E-state index >= 15 is 0 Å². The first-order valence-electron chi connectivity index (χ1n) is 7.95. The molecule has 0 aromatic heterocycles. The molecule has 1 amide bonds. The van der Waals surface area contributed by atoms with Crippen LogP contribution in [0.25, 0.3) is 0 Å². The van der Waals surface area contributed by atoms with Gasteiger partial charge in [0.15, 0.2) is 0 Å². The van der Waals surface area contributed by atoms with Gasteiger partial charge in [-0.15, -0.1) is 0 Å². The summed E-state index contributed by atoms with van der Waals surface area (Å²) in [5.74, 6) is -0.0117. The van der Waals surface area contributed by atoms with Gasteiger partial charge in [0, 0.05) is 32.7 Å². The fourth-order valence-corrected chi connectivity index (χ4v) is 4.10. The van der Waals surface area contributed by atoms with Crippen LogP contribution in [0, 0.1) is 6.92 Å². The molecular formula is C16H25N3O3S. The third-order valence-corrected chi connectivity index (χ3v) is 6.12. The Kier molecular flexibility index (Phi) is 5.78. The van der Waals surface area contributed by atoms with Crippen molar-refractivity contribution in [3.63, 3.8) is 0 Å². The zero-order chi connectivity index (χ0) is 17.0. The van der Waals surface area contributed by atoms with Crippen LogP contribution < -0.4 is 5.32 Å². The number of rotatable bonds is 5. The van der Waals surface area contributed by atoms with Gasteiger partial charge >= 0.3 is 0 Å². The molecule has 1 N–H and O–H groups in total. The summed E-state index contributed by atoms with van der Waals surface area (Å²) in [6, 6.07) is 6.67. The SMILES string of the molecule is CCNC(=O)[C@H](C)N1CCN(S(=O)(=O)c2ccc(C)cc2)CC1. The van der Waals surface area contributed by atoms with Crippen molar-refractivity contribution >= 4 is 15.9 Å². The monoisotopic (exact) mass is 339 g/mol. The predicted octanol–water partition coefficient (Wildman–Crippen LogP) is 0.826. The maximum Gasteiger partial charge on any atom is 0.243 e. The lowest BCUT2D eigenvalue weighted by atomic mass is 10.2. The van der Waals surface area contributed by atoms with Crippen molar-refractivity contribution in [3.8, 4) is 0 Å². The van der Waals surface area contributed by atoms with E-state index in [2.05, 4.69) is 5.32 Å². The van der Waals surface area contributed by atoms with E-state index in [1.165, 1.54) is 4.31 Å². The van der Waals surface area contributed by atoms with Crippen LogP contribution in [0.3, 0.4) is 0 Å². The molecule has 1 saturated heterocycles. The van der Waals surface area contributed by atoms with Crippen LogP contribution in [0.4, 0.5) is 0 Å². The molecule has 1 aromatic carbocycles. The van der Waals surface area contributed by atoms with Gasteiger partial charge in [-0.05, 0) is 32.9 Å². The van der Waals surface area contributed by atoms with E-state index in [1.807, 2.05) is 25.7 Å². The van der Waals surface area contributed by atoms with E-state index in [1.54, 1.807) is 24.3 Å². The largest absolute Gasteiger partial charge is 0.355 e. The molecule has 1 heterocycles. The first-order chi connectivity index (χ1) is 10.9. The average Bonchev–Trinajstić information content (AvgIpc) is 2.55. The van der Waals surface area contributed by atoms with Gasteiger partial charge < -0.3 is 5.32 Å². The summed E-state index contributed by atoms with van der Waals surface area (Å²) >= 11 is 0. The fourth-order valence-electron chi connectivity index (χ4n) is 2.68. The molecule has 0 radical (unpaired) electrons. The number of piperazine rings is 1. The molecule has 1 aliphatic rings. The molecule has 1 aliphatic heterocycles. The smallest absolute Gasteiger partial charge is 0.243 e. The van der Waals surface area contributed by atoms with E-state index in [-0.39, 0.29) is 11.9 Å². The predicted molar refractivity (Wildman–Crippen MR) is 89.7 cm³/mol. The second-order valence-corrected chi connectivity index (χ2v) is 7.76. The summed E-state index contributed by atoms with van der Waals surface area (Å²) in [4.78, 5) is 14.2. The lowest BCUT2D eigenvalue weighted by molar-refractivity contribution is -0.126. The first-order valence-corrected chi connectivity index (χ1v) is 9.39. The number of likely N-dealkylation sites (N-methyl/N-ethyl adjacent to an activating group) is 1. The molecule has 0 unspecified atom stereocenters. The van der Waals surface area contributed by atoms with Crippen molar-refractivity contribution in [1.82, 2.24) is 14.5 Å². The number of carbonyl (C=O) groups is 1. The molecule has 1 atom stereocenters. The highest BCUT2D eigenvalue weighted by molar-refractivity contribution is 7.89. The molecule has 23 heavy (non-hydrogen) atoms. The number of nitrogens with one attached hydrogen (secondary N) is 1. The lowest BCUT2D eigenvalue weighted by Gasteiger charge is -2.36. The van der Waals surface area contributed by atoms with Gasteiger partial charge in [0.25, 0.3) is 0 Å². The molecule has 0 bridgehead atoms. The Morgan fingerprint density at radius 3 is 2.26 bits per heavy atom. The van der Waals surface area contributed by atoms with Gasteiger partial charge in [-0.2, -0.15) is 4.31 Å². The van der Waals surface area contributed by atoms with Crippen molar-refractivity contribution in [1.29, 1.82) is 0 Å². The van der Waals surface area contributed by atoms with E-state index < -0.39 is 10.0 Å². The fraction of sp³-hybridized carbons (Fsp3) is 0.562. The Labute approximate surface area is 138 Å². The van der Waals surface area contributed by atoms with Gasteiger partial charge in [-0.25, -0.2) is 8.42 Å². The topological polar surface area (TPSA) is 69.7 Å². The summed E-state index contributed by atoms with van der Waals surface area (Å²) in [6.07, 6.45) is 0. The number of hydrogen-bond acceptors (Lipinski definition) is 4. The molecule has 2 rings (SSSR count). The summed E-state index contributed by atoms with van der Waals surface area (Å²) < 4.78 is 26.8. The van der Waals surface area contributed by atoms with E-state index in [0.29, 0.717) is 37.6 Å². The van der Waals surface area contributed by atoms with Crippen LogP contribution in [-0.2, 0) is 14.8 Å². The van der Waals surface area contributed by atoms with Crippen molar-refractivity contribution in [2.45, 2.75) is 31.7 Å². The molecule has 128 valence electrons. The second kappa shape index (κ2) is 7.42. The van der Waals surface area contributed by atoms with Gasteiger partial charge in [0.1, 0.15) is 0 Å². The molecule has 1 aromatic rings. The first kappa shape index (κ1) is 17.9. The lowest BCUT2D eigenvalue weighted by Crippen LogP contribution is -2.54. The number of hydrogen-bond donors (Lipinski definition) is 1. The van der Waals surface area contributed by atoms with Crippen molar-refractivity contribution in [2.24, 2.45) is 0 Å². The normalized spacial score (nSPS) is 18.6. The van der Waals surface area contributed by atoms with Crippen molar-refractivity contribution in [3.05, 3.63) is 29.8 Å². The zero-order valence-corrected chi connectivity index (χ0v) is 14.8. The Hall–Kier alpha value is -1.44. The van der Waals surface area contributed by atoms with Crippen molar-refractivity contribution in [2.75, 3.05) is 32.7 Å². The highest BCUT2D eigenvalue weighted by Crippen LogP contribution is 2.18. The second-order valence-electron chi connectivity index (χ2n) is 5.82. The Morgan fingerprint density at radius 2 is 1.74 bits per heavy atom. The molecule has 0 aliphatic carbocycles. The third kappa shape index (κ3) is 4.10. The van der Waals surface area contributed by atoms with Crippen LogP contribution in [-0.4, -0.2) is 62.3 Å². The van der Waals surface area contributed by atoms with Crippen LogP contribution in [0.1, 0.15) is 19.4 Å². The molecular weight excluding hydrogens is 314 g/mol. The van der Waals surface area contributed by atoms with Gasteiger partial charge in [0.05, 0.1) is 10.9 Å². The maximum absolute atomic E-state index is 12.6. The zero-order valence-electron chi connectivity index (χ0n) is 13.9. The number of carbonyl (C=O) groups excluding carboxylic acids is 1. The number of sulfonamides is 1. The van der Waals surface area contributed by atoms with E-state index in [0.717, 1.165) is 5.56 Å². The molecule has 6 nitrogen and oxygen atoms in total. The third-order valence-electron chi connectivity index (χ3n) is 4.21. The summed E-state index contributed by atoms with van der Waals surface area (Å²) in [7, 11) is -3.45. The van der Waals surface area contributed by atoms with Crippen molar-refractivity contribution < 1.29 is 13.2 Å². The molecule has 0 spiro atoms. The quantitative estimate of drug-likeness (QED) is 0.862. The van der Waals surface area contributed by atoms with Crippen LogP contribution in [0.2, 0.25) is 0 Å². The minimum absolute atomic E-state index is 0.0117. The minimum atomic E-state index is -3.45. The number of benzene rings is 1. The summed E-state index contributed by atoms with van der Waals surface area (Å²) in [5, 5.41) is 2.80. The highest BCUT2D eigenvalue weighted by Gasteiger charge is 2.31. The van der Waals surface area contributed by atoms with Gasteiger partial charge in [0.2, 0.25) is 15.9 Å². The van der Waals surface area contributed by atoms with Gasteiger partial charge in [-0.1, -0.05) is 17.7 Å². The van der Waals surface area contributed by atoms with Gasteiger partial charge in [-0.3, -0.25) is 9.69 Å². The number of aryl methyl sites for hydroxylation is 1. The summed E-state index contributed by atoms with van der Waals surface area (Å²) in [5.41, 5.74) is 1.03. The standard InChI is InChI=1S/C16H25N3O3S/c1-4-17-16(20)14(3)18-9-11-19(12-10-18)23(21,22)15-7-5-13(2)6-8-15/h5-8,14H,4,9-12H2,1-3H3,(H,17,20)/t14-/m0/s1. The molecule has 1 fully saturated rings. The maximum atomic E-state index is 12.6. The molecule has 0 saturated carbocycles. The van der Waals surface area contributed by atoms with Crippen LogP contribution >= 0.6 is 0 Å². The summed E-state index contributed by atoms with van der Waals surface area (Å²) in [6.45, 7) is 8.20.